The largest absolute Gasteiger partial charge is 0.481 e. The molecule has 0 heterocycles. The maximum atomic E-state index is 12.1. The summed E-state index contributed by atoms with van der Waals surface area (Å²) in [5.74, 6) is -0.325. The summed E-state index contributed by atoms with van der Waals surface area (Å²) >= 11 is 0. The third-order valence-electron chi connectivity index (χ3n) is 5.82. The molecule has 0 aromatic heterocycles. The van der Waals surface area contributed by atoms with E-state index in [0.29, 0.717) is 32.3 Å². The Morgan fingerprint density at radius 3 is 2.04 bits per heavy atom. The highest BCUT2D eigenvalue weighted by atomic mass is 16.5. The van der Waals surface area contributed by atoms with Crippen molar-refractivity contribution in [3.8, 4) is 0 Å². The lowest BCUT2D eigenvalue weighted by Crippen LogP contribution is -2.27. The maximum absolute atomic E-state index is 12.1. The van der Waals surface area contributed by atoms with Crippen LogP contribution in [-0.2, 0) is 14.3 Å². The molecule has 0 spiro atoms. The van der Waals surface area contributed by atoms with Crippen LogP contribution in [0.5, 0.6) is 0 Å². The van der Waals surface area contributed by atoms with Gasteiger partial charge < -0.3 is 9.84 Å². The standard InChI is InChI=1S/C22H40O4/c1-3-5-7-11-18(10-4-2)12-8-6-9-17-26-22(25)20-15-13-19(14-16-20)21(23)24/h18-20H,3-17H2,1-2H3,(H,23,24). The van der Waals surface area contributed by atoms with E-state index in [1.807, 2.05) is 0 Å². The molecule has 0 aromatic rings. The summed E-state index contributed by atoms with van der Waals surface area (Å²) in [4.78, 5) is 23.0. The minimum atomic E-state index is -0.729. The molecule has 1 fully saturated rings. The van der Waals surface area contributed by atoms with Crippen molar-refractivity contribution in [3.05, 3.63) is 0 Å². The Balaban J connectivity index is 2.07. The van der Waals surface area contributed by atoms with Crippen molar-refractivity contribution in [2.45, 2.75) is 104 Å². The first-order valence-corrected chi connectivity index (χ1v) is 11.0. The topological polar surface area (TPSA) is 63.6 Å². The molecule has 1 aliphatic carbocycles. The highest BCUT2D eigenvalue weighted by Crippen LogP contribution is 2.29. The summed E-state index contributed by atoms with van der Waals surface area (Å²) in [5, 5.41) is 9.00. The van der Waals surface area contributed by atoms with Gasteiger partial charge in [-0.2, -0.15) is 0 Å². The highest BCUT2D eigenvalue weighted by molar-refractivity contribution is 5.74. The van der Waals surface area contributed by atoms with Gasteiger partial charge in [0.15, 0.2) is 0 Å². The summed E-state index contributed by atoms with van der Waals surface area (Å²) in [5.41, 5.74) is 0. The van der Waals surface area contributed by atoms with Crippen LogP contribution < -0.4 is 0 Å². The number of esters is 1. The Hall–Kier alpha value is -1.06. The number of carboxylic acid groups (broad SMARTS) is 1. The van der Waals surface area contributed by atoms with Crippen LogP contribution in [0.3, 0.4) is 0 Å². The molecule has 4 heteroatoms. The SMILES string of the molecule is CCCCCC(CCC)CCCCCOC(=O)C1CCC(C(=O)O)CC1. The smallest absolute Gasteiger partial charge is 0.308 e. The fourth-order valence-electron chi connectivity index (χ4n) is 4.10. The molecular weight excluding hydrogens is 328 g/mol. The number of carbonyl (C=O) groups excluding carboxylic acids is 1. The van der Waals surface area contributed by atoms with Crippen LogP contribution in [0, 0.1) is 17.8 Å². The van der Waals surface area contributed by atoms with Gasteiger partial charge >= 0.3 is 11.9 Å². The molecule has 0 bridgehead atoms. The first-order valence-electron chi connectivity index (χ1n) is 11.0. The predicted molar refractivity (Wildman–Crippen MR) is 105 cm³/mol. The second kappa shape index (κ2) is 14.1. The number of carboxylic acids is 1. The van der Waals surface area contributed by atoms with Gasteiger partial charge in [0, 0.05) is 0 Å². The van der Waals surface area contributed by atoms with Gasteiger partial charge in [-0.25, -0.2) is 0 Å². The Morgan fingerprint density at radius 2 is 1.46 bits per heavy atom. The number of unbranched alkanes of at least 4 members (excludes halogenated alkanes) is 4. The lowest BCUT2D eigenvalue weighted by Gasteiger charge is -2.24. The van der Waals surface area contributed by atoms with Crippen molar-refractivity contribution in [1.29, 1.82) is 0 Å². The molecule has 1 atom stereocenters. The predicted octanol–water partition coefficient (Wildman–Crippen LogP) is 5.98. The Morgan fingerprint density at radius 1 is 0.846 bits per heavy atom. The number of hydrogen-bond donors (Lipinski definition) is 1. The number of aliphatic carboxylic acids is 1. The summed E-state index contributed by atoms with van der Waals surface area (Å²) in [6.45, 7) is 5.05. The lowest BCUT2D eigenvalue weighted by molar-refractivity contribution is -0.152. The van der Waals surface area contributed by atoms with Crippen LogP contribution in [0.1, 0.15) is 104 Å². The first-order chi connectivity index (χ1) is 12.6. The van der Waals surface area contributed by atoms with Gasteiger partial charge in [-0.15, -0.1) is 0 Å². The van der Waals surface area contributed by atoms with Crippen molar-refractivity contribution < 1.29 is 19.4 Å². The third kappa shape index (κ3) is 9.59. The summed E-state index contributed by atoms with van der Waals surface area (Å²) in [6, 6.07) is 0. The summed E-state index contributed by atoms with van der Waals surface area (Å²) < 4.78 is 5.42. The minimum Gasteiger partial charge on any atom is -0.481 e. The van der Waals surface area contributed by atoms with Crippen LogP contribution in [0.15, 0.2) is 0 Å². The van der Waals surface area contributed by atoms with E-state index >= 15 is 0 Å². The third-order valence-corrected chi connectivity index (χ3v) is 5.82. The maximum Gasteiger partial charge on any atom is 0.308 e. The molecule has 0 aliphatic heterocycles. The van der Waals surface area contributed by atoms with Crippen molar-refractivity contribution in [2.75, 3.05) is 6.61 Å². The molecule has 0 radical (unpaired) electrons. The Bertz CT molecular complexity index is 386. The molecule has 0 saturated heterocycles. The van der Waals surface area contributed by atoms with Crippen molar-refractivity contribution in [3.63, 3.8) is 0 Å². The molecule has 0 aromatic carbocycles. The van der Waals surface area contributed by atoms with E-state index in [4.69, 9.17) is 9.84 Å². The molecule has 152 valence electrons. The molecule has 1 rings (SSSR count). The molecule has 0 amide bonds. The van der Waals surface area contributed by atoms with Gasteiger partial charge in [0.05, 0.1) is 18.4 Å². The van der Waals surface area contributed by atoms with E-state index in [1.165, 1.54) is 51.4 Å². The average Bonchev–Trinajstić information content (AvgIpc) is 2.64. The Kier molecular flexibility index (Phi) is 12.4. The number of hydrogen-bond acceptors (Lipinski definition) is 3. The van der Waals surface area contributed by atoms with Crippen LogP contribution in [0.4, 0.5) is 0 Å². The van der Waals surface area contributed by atoms with Crippen LogP contribution in [0.2, 0.25) is 0 Å². The van der Waals surface area contributed by atoms with Gasteiger partial charge in [-0.05, 0) is 38.0 Å². The quantitative estimate of drug-likeness (QED) is 0.303. The molecular formula is C22H40O4. The van der Waals surface area contributed by atoms with Gasteiger partial charge in [-0.1, -0.05) is 71.6 Å². The van der Waals surface area contributed by atoms with Gasteiger partial charge in [0.25, 0.3) is 0 Å². The molecule has 1 unspecified atom stereocenters. The van der Waals surface area contributed by atoms with Gasteiger partial charge in [0.1, 0.15) is 0 Å². The monoisotopic (exact) mass is 368 g/mol. The summed E-state index contributed by atoms with van der Waals surface area (Å²) in [7, 11) is 0. The fraction of sp³-hybridized carbons (Fsp3) is 0.909. The zero-order valence-corrected chi connectivity index (χ0v) is 17.0. The lowest BCUT2D eigenvalue weighted by atomic mass is 9.82. The number of ether oxygens (including phenoxy) is 1. The van der Waals surface area contributed by atoms with E-state index in [1.54, 1.807) is 0 Å². The van der Waals surface area contributed by atoms with Crippen molar-refractivity contribution in [2.24, 2.45) is 17.8 Å². The molecule has 26 heavy (non-hydrogen) atoms. The van der Waals surface area contributed by atoms with Crippen LogP contribution in [-0.4, -0.2) is 23.7 Å². The van der Waals surface area contributed by atoms with Crippen LogP contribution >= 0.6 is 0 Å². The van der Waals surface area contributed by atoms with E-state index in [2.05, 4.69) is 13.8 Å². The first kappa shape index (κ1) is 23.0. The molecule has 4 nitrogen and oxygen atoms in total. The summed E-state index contributed by atoms with van der Waals surface area (Å²) in [6.07, 6.45) is 15.2. The zero-order chi connectivity index (χ0) is 19.2. The van der Waals surface area contributed by atoms with E-state index in [0.717, 1.165) is 18.8 Å². The fourth-order valence-corrected chi connectivity index (χ4v) is 4.10. The van der Waals surface area contributed by atoms with Crippen molar-refractivity contribution >= 4 is 11.9 Å². The van der Waals surface area contributed by atoms with E-state index < -0.39 is 5.97 Å². The molecule has 1 aliphatic rings. The van der Waals surface area contributed by atoms with Crippen LogP contribution in [0.25, 0.3) is 0 Å². The molecule has 1 saturated carbocycles. The average molecular weight is 369 g/mol. The molecule has 1 N–H and O–H groups in total. The minimum absolute atomic E-state index is 0.0851. The second-order valence-corrected chi connectivity index (χ2v) is 8.05. The zero-order valence-electron chi connectivity index (χ0n) is 17.0. The normalized spacial score (nSPS) is 21.3. The van der Waals surface area contributed by atoms with E-state index in [9.17, 15) is 9.59 Å². The highest BCUT2D eigenvalue weighted by Gasteiger charge is 2.30. The Labute approximate surface area is 160 Å². The number of rotatable bonds is 14. The second-order valence-electron chi connectivity index (χ2n) is 8.05. The van der Waals surface area contributed by atoms with Gasteiger partial charge in [-0.3, -0.25) is 9.59 Å². The van der Waals surface area contributed by atoms with E-state index in [-0.39, 0.29) is 17.8 Å². The van der Waals surface area contributed by atoms with Crippen molar-refractivity contribution in [1.82, 2.24) is 0 Å². The number of carbonyl (C=O) groups is 2. The van der Waals surface area contributed by atoms with Gasteiger partial charge in [0.2, 0.25) is 0 Å².